The number of likely N-dealkylation sites (N-methyl/N-ethyl adjacent to an activating group) is 1. The molecule has 4 rings (SSSR count). The lowest BCUT2D eigenvalue weighted by atomic mass is 10.1. The summed E-state index contributed by atoms with van der Waals surface area (Å²) in [5, 5.41) is 2.31. The van der Waals surface area contributed by atoms with Crippen molar-refractivity contribution in [2.75, 3.05) is 39.8 Å². The van der Waals surface area contributed by atoms with Gasteiger partial charge in [0.05, 0.1) is 13.7 Å². The van der Waals surface area contributed by atoms with E-state index in [1.807, 2.05) is 12.1 Å². The van der Waals surface area contributed by atoms with E-state index in [1.165, 1.54) is 20.7 Å². The first-order valence-corrected chi connectivity index (χ1v) is 12.3. The van der Waals surface area contributed by atoms with Crippen LogP contribution in [-0.2, 0) is 13.0 Å². The van der Waals surface area contributed by atoms with Crippen molar-refractivity contribution in [3.8, 4) is 5.75 Å². The van der Waals surface area contributed by atoms with Crippen LogP contribution in [0.2, 0.25) is 0 Å². The highest BCUT2D eigenvalue weighted by molar-refractivity contribution is 7.99. The van der Waals surface area contributed by atoms with Gasteiger partial charge in [-0.1, -0.05) is 25.6 Å². The number of methoxy groups -OCH3 is 1. The van der Waals surface area contributed by atoms with E-state index in [4.69, 9.17) is 14.7 Å². The SMILES string of the molecule is CCc1c(C)sc2nc(CN3CCN(CC)CC3)nc(Sc3ccc(OC)cc3)c12. The first-order chi connectivity index (χ1) is 14.6. The zero-order chi connectivity index (χ0) is 21.1. The van der Waals surface area contributed by atoms with Gasteiger partial charge in [0, 0.05) is 41.3 Å². The molecule has 1 fully saturated rings. The molecule has 0 N–H and O–H groups in total. The highest BCUT2D eigenvalue weighted by atomic mass is 32.2. The molecule has 0 bridgehead atoms. The number of ether oxygens (including phenoxy) is 1. The normalized spacial score (nSPS) is 15.7. The van der Waals surface area contributed by atoms with Crippen molar-refractivity contribution in [2.45, 2.75) is 43.7 Å². The maximum absolute atomic E-state index is 5.31. The Bertz CT molecular complexity index is 995. The Balaban J connectivity index is 1.65. The van der Waals surface area contributed by atoms with Gasteiger partial charge >= 0.3 is 0 Å². The number of aryl methyl sites for hydroxylation is 2. The maximum atomic E-state index is 5.31. The molecule has 1 aliphatic heterocycles. The van der Waals surface area contributed by atoms with E-state index in [-0.39, 0.29) is 0 Å². The van der Waals surface area contributed by atoms with Crippen LogP contribution in [-0.4, -0.2) is 59.6 Å². The number of hydrogen-bond acceptors (Lipinski definition) is 7. The standard InChI is InChI=1S/C23H30N4OS2/c1-5-19-16(3)29-22-21(19)23(30-18-9-7-17(28-4)8-10-18)25-20(24-22)15-27-13-11-26(6-2)12-14-27/h7-10H,5-6,11-15H2,1-4H3. The summed E-state index contributed by atoms with van der Waals surface area (Å²) >= 11 is 3.54. The quantitative estimate of drug-likeness (QED) is 0.487. The molecule has 1 saturated heterocycles. The van der Waals surface area contributed by atoms with E-state index in [2.05, 4.69) is 42.7 Å². The molecule has 7 heteroatoms. The molecular weight excluding hydrogens is 412 g/mol. The highest BCUT2D eigenvalue weighted by Gasteiger charge is 2.20. The fourth-order valence-corrected chi connectivity index (χ4v) is 6.13. The molecule has 2 aromatic heterocycles. The van der Waals surface area contributed by atoms with E-state index in [0.717, 1.165) is 67.1 Å². The molecule has 1 aliphatic rings. The van der Waals surface area contributed by atoms with Crippen LogP contribution in [0.25, 0.3) is 10.2 Å². The third-order valence-electron chi connectivity index (χ3n) is 5.77. The van der Waals surface area contributed by atoms with E-state index in [1.54, 1.807) is 30.2 Å². The van der Waals surface area contributed by atoms with Crippen molar-refractivity contribution < 1.29 is 4.74 Å². The molecule has 1 aromatic carbocycles. The lowest BCUT2D eigenvalue weighted by molar-refractivity contribution is 0.129. The minimum atomic E-state index is 0.822. The molecule has 3 heterocycles. The molecular formula is C23H30N4OS2. The second-order valence-electron chi connectivity index (χ2n) is 7.60. The Kier molecular flexibility index (Phi) is 6.93. The molecule has 5 nitrogen and oxygen atoms in total. The van der Waals surface area contributed by atoms with E-state index >= 15 is 0 Å². The van der Waals surface area contributed by atoms with Crippen molar-refractivity contribution in [1.82, 2.24) is 19.8 Å². The van der Waals surface area contributed by atoms with Gasteiger partial charge in [-0.25, -0.2) is 9.97 Å². The summed E-state index contributed by atoms with van der Waals surface area (Å²) < 4.78 is 5.31. The van der Waals surface area contributed by atoms with Crippen molar-refractivity contribution in [1.29, 1.82) is 0 Å². The van der Waals surface area contributed by atoms with Gasteiger partial charge in [0.15, 0.2) is 0 Å². The van der Waals surface area contributed by atoms with Crippen LogP contribution in [0.15, 0.2) is 34.2 Å². The molecule has 0 radical (unpaired) electrons. The van der Waals surface area contributed by atoms with Crippen LogP contribution in [0.1, 0.15) is 30.1 Å². The summed E-state index contributed by atoms with van der Waals surface area (Å²) in [6, 6.07) is 8.22. The number of hydrogen-bond donors (Lipinski definition) is 0. The molecule has 0 atom stereocenters. The highest BCUT2D eigenvalue weighted by Crippen LogP contribution is 2.39. The predicted octanol–water partition coefficient (Wildman–Crippen LogP) is 4.86. The van der Waals surface area contributed by atoms with Gasteiger partial charge in [0.1, 0.15) is 21.4 Å². The number of piperazine rings is 1. The van der Waals surface area contributed by atoms with Crippen molar-refractivity contribution in [3.05, 3.63) is 40.5 Å². The lowest BCUT2D eigenvalue weighted by Crippen LogP contribution is -2.45. The summed E-state index contributed by atoms with van der Waals surface area (Å²) in [4.78, 5) is 18.7. The van der Waals surface area contributed by atoms with Crippen molar-refractivity contribution in [3.63, 3.8) is 0 Å². The van der Waals surface area contributed by atoms with Gasteiger partial charge in [-0.3, -0.25) is 4.90 Å². The summed E-state index contributed by atoms with van der Waals surface area (Å²) in [5.41, 5.74) is 1.38. The zero-order valence-electron chi connectivity index (χ0n) is 18.3. The van der Waals surface area contributed by atoms with Gasteiger partial charge in [0.25, 0.3) is 0 Å². The summed E-state index contributed by atoms with van der Waals surface area (Å²) in [6.45, 7) is 13.0. The van der Waals surface area contributed by atoms with Crippen LogP contribution in [0.5, 0.6) is 5.75 Å². The zero-order valence-corrected chi connectivity index (χ0v) is 19.9. The van der Waals surface area contributed by atoms with Crippen LogP contribution < -0.4 is 4.74 Å². The monoisotopic (exact) mass is 442 g/mol. The Morgan fingerprint density at radius 3 is 2.37 bits per heavy atom. The molecule has 0 unspecified atom stereocenters. The van der Waals surface area contributed by atoms with Crippen LogP contribution >= 0.6 is 23.1 Å². The van der Waals surface area contributed by atoms with E-state index in [0.29, 0.717) is 0 Å². The summed E-state index contributed by atoms with van der Waals surface area (Å²) in [5.74, 6) is 1.81. The first kappa shape index (κ1) is 21.6. The van der Waals surface area contributed by atoms with Gasteiger partial charge in [-0.2, -0.15) is 0 Å². The van der Waals surface area contributed by atoms with Crippen molar-refractivity contribution >= 4 is 33.3 Å². The fraction of sp³-hybridized carbons (Fsp3) is 0.478. The number of benzene rings is 1. The molecule has 160 valence electrons. The van der Waals surface area contributed by atoms with Gasteiger partial charge in [-0.05, 0) is 49.7 Å². The molecule has 3 aromatic rings. The average molecular weight is 443 g/mol. The Morgan fingerprint density at radius 1 is 1.03 bits per heavy atom. The van der Waals surface area contributed by atoms with Crippen LogP contribution in [0.3, 0.4) is 0 Å². The number of thiophene rings is 1. The molecule has 30 heavy (non-hydrogen) atoms. The third-order valence-corrected chi connectivity index (χ3v) is 7.81. The molecule has 0 spiro atoms. The number of nitrogens with zero attached hydrogens (tertiary/aromatic N) is 4. The smallest absolute Gasteiger partial charge is 0.145 e. The number of rotatable bonds is 7. The Morgan fingerprint density at radius 2 is 1.73 bits per heavy atom. The third kappa shape index (κ3) is 4.64. The van der Waals surface area contributed by atoms with E-state index < -0.39 is 0 Å². The number of aromatic nitrogens is 2. The van der Waals surface area contributed by atoms with Crippen LogP contribution in [0.4, 0.5) is 0 Å². The summed E-state index contributed by atoms with van der Waals surface area (Å²) in [6.07, 6.45) is 1.00. The molecule has 0 amide bonds. The molecule has 0 aliphatic carbocycles. The summed E-state index contributed by atoms with van der Waals surface area (Å²) in [7, 11) is 1.70. The minimum absolute atomic E-state index is 0.822. The second-order valence-corrected chi connectivity index (χ2v) is 9.87. The Hall–Kier alpha value is -1.67. The van der Waals surface area contributed by atoms with Crippen LogP contribution in [0, 0.1) is 6.92 Å². The predicted molar refractivity (Wildman–Crippen MR) is 126 cm³/mol. The fourth-order valence-electron chi connectivity index (χ4n) is 3.97. The molecule has 0 saturated carbocycles. The topological polar surface area (TPSA) is 41.5 Å². The van der Waals surface area contributed by atoms with E-state index in [9.17, 15) is 0 Å². The first-order valence-electron chi connectivity index (χ1n) is 10.7. The largest absolute Gasteiger partial charge is 0.497 e. The average Bonchev–Trinajstić information content (AvgIpc) is 3.10. The van der Waals surface area contributed by atoms with Gasteiger partial charge in [0.2, 0.25) is 0 Å². The van der Waals surface area contributed by atoms with Crippen molar-refractivity contribution in [2.24, 2.45) is 0 Å². The van der Waals surface area contributed by atoms with Gasteiger partial charge in [-0.15, -0.1) is 11.3 Å². The van der Waals surface area contributed by atoms with Gasteiger partial charge < -0.3 is 9.64 Å². The number of fused-ring (bicyclic) bond motifs is 1. The minimum Gasteiger partial charge on any atom is -0.497 e. The second kappa shape index (κ2) is 9.64. The maximum Gasteiger partial charge on any atom is 0.145 e. The Labute approximate surface area is 187 Å². The lowest BCUT2D eigenvalue weighted by Gasteiger charge is -2.33.